The van der Waals surface area contributed by atoms with Gasteiger partial charge in [0.15, 0.2) is 0 Å². The molecule has 2 rings (SSSR count). The molecular formula is C16H22N2S. The molecule has 0 fully saturated rings. The van der Waals surface area contributed by atoms with Crippen molar-refractivity contribution >= 4 is 22.7 Å². The van der Waals surface area contributed by atoms with Crippen molar-refractivity contribution in [2.24, 2.45) is 0 Å². The summed E-state index contributed by atoms with van der Waals surface area (Å²) in [6.45, 7) is 8.68. The van der Waals surface area contributed by atoms with Gasteiger partial charge in [-0.05, 0) is 56.5 Å². The number of nitrogens with one attached hydrogen (secondary N) is 1. The molecule has 1 aromatic carbocycles. The van der Waals surface area contributed by atoms with Crippen molar-refractivity contribution in [1.29, 1.82) is 0 Å². The Bertz CT molecular complexity index is 472. The standard InChI is InChI=1S/C16H22N2S/c1-4-18(5-2)15-10-8-14(9-11-15)17-13(3)16-7-6-12-19-16/h6-13,17H,4-5H2,1-3H3. The quantitative estimate of drug-likeness (QED) is 0.816. The topological polar surface area (TPSA) is 15.3 Å². The number of hydrogen-bond donors (Lipinski definition) is 1. The van der Waals surface area contributed by atoms with Gasteiger partial charge in [0.05, 0.1) is 6.04 Å². The number of thiophene rings is 1. The molecule has 0 aliphatic rings. The minimum atomic E-state index is 0.360. The third-order valence-electron chi connectivity index (χ3n) is 3.35. The summed E-state index contributed by atoms with van der Waals surface area (Å²) in [5.41, 5.74) is 2.47. The Kier molecular flexibility index (Phi) is 4.86. The normalized spacial score (nSPS) is 12.2. The Morgan fingerprint density at radius 3 is 2.32 bits per heavy atom. The predicted octanol–water partition coefficient (Wildman–Crippen LogP) is 4.77. The highest BCUT2D eigenvalue weighted by atomic mass is 32.1. The van der Waals surface area contributed by atoms with Crippen LogP contribution in [0, 0.1) is 0 Å². The average molecular weight is 274 g/mol. The van der Waals surface area contributed by atoms with Crippen LogP contribution in [0.1, 0.15) is 31.7 Å². The lowest BCUT2D eigenvalue weighted by molar-refractivity contribution is 0.865. The van der Waals surface area contributed by atoms with Crippen LogP contribution in [0.15, 0.2) is 41.8 Å². The first-order valence-corrected chi connectivity index (χ1v) is 7.77. The molecule has 0 aliphatic carbocycles. The summed E-state index contributed by atoms with van der Waals surface area (Å²) in [6.07, 6.45) is 0. The van der Waals surface area contributed by atoms with E-state index in [2.05, 4.69) is 72.8 Å². The molecule has 1 atom stereocenters. The highest BCUT2D eigenvalue weighted by Gasteiger charge is 2.06. The molecule has 3 heteroatoms. The van der Waals surface area contributed by atoms with E-state index in [-0.39, 0.29) is 0 Å². The Labute approximate surface area is 120 Å². The van der Waals surface area contributed by atoms with Gasteiger partial charge in [-0.3, -0.25) is 0 Å². The van der Waals surface area contributed by atoms with Crippen LogP contribution in [0.3, 0.4) is 0 Å². The maximum atomic E-state index is 3.54. The van der Waals surface area contributed by atoms with Crippen LogP contribution in [0.5, 0.6) is 0 Å². The summed E-state index contributed by atoms with van der Waals surface area (Å²) in [5.74, 6) is 0. The van der Waals surface area contributed by atoms with Crippen LogP contribution in [0.4, 0.5) is 11.4 Å². The Balaban J connectivity index is 2.02. The van der Waals surface area contributed by atoms with Gasteiger partial charge in [-0.25, -0.2) is 0 Å². The van der Waals surface area contributed by atoms with Gasteiger partial charge in [0.25, 0.3) is 0 Å². The highest BCUT2D eigenvalue weighted by molar-refractivity contribution is 7.10. The van der Waals surface area contributed by atoms with Crippen molar-refractivity contribution in [3.05, 3.63) is 46.7 Å². The molecule has 1 N–H and O–H groups in total. The number of hydrogen-bond acceptors (Lipinski definition) is 3. The smallest absolute Gasteiger partial charge is 0.0578 e. The van der Waals surface area contributed by atoms with Gasteiger partial charge >= 0.3 is 0 Å². The van der Waals surface area contributed by atoms with Crippen molar-refractivity contribution in [1.82, 2.24) is 0 Å². The van der Waals surface area contributed by atoms with Gasteiger partial charge < -0.3 is 10.2 Å². The second kappa shape index (κ2) is 6.62. The molecule has 1 heterocycles. The molecule has 0 aliphatic heterocycles. The van der Waals surface area contributed by atoms with Crippen molar-refractivity contribution in [2.75, 3.05) is 23.3 Å². The molecule has 0 amide bonds. The van der Waals surface area contributed by atoms with Gasteiger partial charge in [0, 0.05) is 29.3 Å². The molecule has 2 nitrogen and oxygen atoms in total. The van der Waals surface area contributed by atoms with Crippen LogP contribution in [-0.4, -0.2) is 13.1 Å². The first-order chi connectivity index (χ1) is 9.24. The number of benzene rings is 1. The second-order valence-electron chi connectivity index (χ2n) is 4.60. The van der Waals surface area contributed by atoms with Crippen molar-refractivity contribution in [3.63, 3.8) is 0 Å². The third kappa shape index (κ3) is 3.51. The van der Waals surface area contributed by atoms with E-state index in [4.69, 9.17) is 0 Å². The molecule has 19 heavy (non-hydrogen) atoms. The van der Waals surface area contributed by atoms with Gasteiger partial charge in [-0.2, -0.15) is 0 Å². The molecule has 0 saturated heterocycles. The zero-order chi connectivity index (χ0) is 13.7. The highest BCUT2D eigenvalue weighted by Crippen LogP contribution is 2.24. The summed E-state index contributed by atoms with van der Waals surface area (Å²) in [4.78, 5) is 3.72. The monoisotopic (exact) mass is 274 g/mol. The Morgan fingerprint density at radius 2 is 1.79 bits per heavy atom. The van der Waals surface area contributed by atoms with Gasteiger partial charge in [-0.1, -0.05) is 6.07 Å². The van der Waals surface area contributed by atoms with Crippen molar-refractivity contribution in [2.45, 2.75) is 26.8 Å². The summed E-state index contributed by atoms with van der Waals surface area (Å²) in [6, 6.07) is 13.3. The molecule has 102 valence electrons. The van der Waals surface area contributed by atoms with Crippen molar-refractivity contribution in [3.8, 4) is 0 Å². The fourth-order valence-electron chi connectivity index (χ4n) is 2.22. The third-order valence-corrected chi connectivity index (χ3v) is 4.40. The summed E-state index contributed by atoms with van der Waals surface area (Å²) < 4.78 is 0. The molecule has 0 radical (unpaired) electrons. The largest absolute Gasteiger partial charge is 0.378 e. The van der Waals surface area contributed by atoms with Crippen LogP contribution in [0.2, 0.25) is 0 Å². The minimum Gasteiger partial charge on any atom is -0.378 e. The molecule has 0 bridgehead atoms. The lowest BCUT2D eigenvalue weighted by atomic mass is 10.2. The number of nitrogens with zero attached hydrogens (tertiary/aromatic N) is 1. The van der Waals surface area contributed by atoms with Gasteiger partial charge in [-0.15, -0.1) is 11.3 Å². The summed E-state index contributed by atoms with van der Waals surface area (Å²) >= 11 is 1.79. The van der Waals surface area contributed by atoms with E-state index >= 15 is 0 Å². The fourth-order valence-corrected chi connectivity index (χ4v) is 2.95. The molecule has 2 aromatic rings. The second-order valence-corrected chi connectivity index (χ2v) is 5.58. The van der Waals surface area contributed by atoms with E-state index in [0.29, 0.717) is 6.04 Å². The first kappa shape index (κ1) is 13.9. The fraction of sp³-hybridized carbons (Fsp3) is 0.375. The predicted molar refractivity (Wildman–Crippen MR) is 86.4 cm³/mol. The maximum absolute atomic E-state index is 3.54. The van der Waals surface area contributed by atoms with Crippen LogP contribution in [-0.2, 0) is 0 Å². The lowest BCUT2D eigenvalue weighted by Crippen LogP contribution is -2.21. The Hall–Kier alpha value is -1.48. The number of rotatable bonds is 6. The molecule has 0 saturated carbocycles. The zero-order valence-electron chi connectivity index (χ0n) is 11.9. The molecule has 1 unspecified atom stereocenters. The van der Waals surface area contributed by atoms with E-state index in [9.17, 15) is 0 Å². The van der Waals surface area contributed by atoms with Crippen LogP contribution >= 0.6 is 11.3 Å². The van der Waals surface area contributed by atoms with E-state index in [1.165, 1.54) is 16.3 Å². The van der Waals surface area contributed by atoms with Gasteiger partial charge in [0.1, 0.15) is 0 Å². The lowest BCUT2D eigenvalue weighted by Gasteiger charge is -2.21. The maximum Gasteiger partial charge on any atom is 0.0578 e. The van der Waals surface area contributed by atoms with E-state index in [1.807, 2.05) is 0 Å². The van der Waals surface area contributed by atoms with Crippen LogP contribution in [0.25, 0.3) is 0 Å². The van der Waals surface area contributed by atoms with Crippen molar-refractivity contribution < 1.29 is 0 Å². The minimum absolute atomic E-state index is 0.360. The molecule has 0 spiro atoms. The SMILES string of the molecule is CCN(CC)c1ccc(NC(C)c2cccs2)cc1. The summed E-state index contributed by atoms with van der Waals surface area (Å²) in [7, 11) is 0. The van der Waals surface area contributed by atoms with E-state index in [1.54, 1.807) is 11.3 Å². The average Bonchev–Trinajstić information content (AvgIpc) is 2.96. The first-order valence-electron chi connectivity index (χ1n) is 6.89. The van der Waals surface area contributed by atoms with Crippen LogP contribution < -0.4 is 10.2 Å². The van der Waals surface area contributed by atoms with E-state index in [0.717, 1.165) is 13.1 Å². The molecular weight excluding hydrogens is 252 g/mol. The number of anilines is 2. The summed E-state index contributed by atoms with van der Waals surface area (Å²) in [5, 5.41) is 5.66. The zero-order valence-corrected chi connectivity index (χ0v) is 12.7. The Morgan fingerprint density at radius 1 is 1.11 bits per heavy atom. The van der Waals surface area contributed by atoms with E-state index < -0.39 is 0 Å². The molecule has 1 aromatic heterocycles. The van der Waals surface area contributed by atoms with Gasteiger partial charge in [0.2, 0.25) is 0 Å².